The Balaban J connectivity index is 2.78. The van der Waals surface area contributed by atoms with Crippen LogP contribution in [0.1, 0.15) is 6.92 Å². The van der Waals surface area contributed by atoms with Gasteiger partial charge in [-0.1, -0.05) is 11.8 Å². The fourth-order valence-corrected chi connectivity index (χ4v) is 1.85. The third-order valence-corrected chi connectivity index (χ3v) is 2.74. The van der Waals surface area contributed by atoms with Gasteiger partial charge >= 0.3 is 0 Å². The second kappa shape index (κ2) is 5.88. The molecule has 8 heteroatoms. The highest BCUT2D eigenvalue weighted by Gasteiger charge is 2.12. The molecule has 0 spiro atoms. The van der Waals surface area contributed by atoms with Crippen LogP contribution in [0, 0.1) is 11.3 Å². The topological polar surface area (TPSA) is 139 Å². The van der Waals surface area contributed by atoms with Gasteiger partial charge in [0.25, 0.3) is 5.56 Å². The Morgan fingerprint density at radius 3 is 2.83 bits per heavy atom. The van der Waals surface area contributed by atoms with Gasteiger partial charge in [-0.15, -0.1) is 0 Å². The van der Waals surface area contributed by atoms with Gasteiger partial charge in [0, 0.05) is 11.8 Å². The van der Waals surface area contributed by atoms with Crippen molar-refractivity contribution in [3.63, 3.8) is 0 Å². The molecule has 0 aromatic carbocycles. The highest BCUT2D eigenvalue weighted by Crippen LogP contribution is 2.14. The van der Waals surface area contributed by atoms with E-state index in [1.165, 1.54) is 6.92 Å². The van der Waals surface area contributed by atoms with Crippen LogP contribution in [0.15, 0.2) is 27.3 Å². The molecule has 0 fully saturated rings. The van der Waals surface area contributed by atoms with E-state index in [4.69, 9.17) is 16.7 Å². The number of nitrogen functional groups attached to an aromatic ring is 1. The summed E-state index contributed by atoms with van der Waals surface area (Å²) in [4.78, 5) is 29.0. The maximum Gasteiger partial charge on any atom is 0.253 e. The molecule has 0 aliphatic carbocycles. The van der Waals surface area contributed by atoms with Gasteiger partial charge in [-0.05, 0) is 6.92 Å². The highest BCUT2D eigenvalue weighted by molar-refractivity contribution is 7.99. The largest absolute Gasteiger partial charge is 0.401 e. The van der Waals surface area contributed by atoms with Crippen molar-refractivity contribution >= 4 is 23.4 Å². The number of allylic oxidation sites excluding steroid dienone is 2. The molecule has 1 rings (SSSR count). The van der Waals surface area contributed by atoms with Crippen LogP contribution < -0.4 is 17.0 Å². The van der Waals surface area contributed by atoms with Crippen LogP contribution in [0.3, 0.4) is 0 Å². The van der Waals surface area contributed by atoms with Crippen molar-refractivity contribution in [2.75, 3.05) is 11.5 Å². The molecule has 5 N–H and O–H groups in total. The number of nitrogens with two attached hydrogens (primary N) is 2. The zero-order valence-electron chi connectivity index (χ0n) is 9.56. The smallest absolute Gasteiger partial charge is 0.253 e. The Labute approximate surface area is 107 Å². The van der Waals surface area contributed by atoms with Crippen LogP contribution in [-0.2, 0) is 4.79 Å². The Morgan fingerprint density at radius 1 is 1.67 bits per heavy atom. The molecule has 1 heterocycles. The number of thioether (sulfide) groups is 1. The van der Waals surface area contributed by atoms with Crippen LogP contribution >= 0.6 is 11.8 Å². The molecule has 1 aromatic rings. The van der Waals surface area contributed by atoms with Crippen molar-refractivity contribution in [3.05, 3.63) is 27.7 Å². The average molecular weight is 265 g/mol. The van der Waals surface area contributed by atoms with Crippen molar-refractivity contribution in [1.29, 1.82) is 5.26 Å². The first-order valence-electron chi connectivity index (χ1n) is 4.83. The van der Waals surface area contributed by atoms with Gasteiger partial charge < -0.3 is 16.5 Å². The standard InChI is InChI=1S/C10H11N5O2S/c1-5(12)6(3-11)7(16)4-18-10-14-8(13)2-9(17)15-10/h2H,4,12H2,1H3,(H3,13,14,15,17). The maximum absolute atomic E-state index is 11.6. The molecule has 0 aliphatic rings. The highest BCUT2D eigenvalue weighted by atomic mass is 32.2. The number of H-pyrrole nitrogens is 1. The van der Waals surface area contributed by atoms with E-state index in [2.05, 4.69) is 9.97 Å². The van der Waals surface area contributed by atoms with E-state index in [0.717, 1.165) is 17.8 Å². The number of hydrogen-bond donors (Lipinski definition) is 3. The molecular formula is C10H11N5O2S. The number of nitriles is 1. The Hall–Kier alpha value is -2.27. The SMILES string of the molecule is CC(N)=C(C#N)C(=O)CSc1nc(N)cc(=O)[nH]1. The van der Waals surface area contributed by atoms with Crippen LogP contribution in [0.5, 0.6) is 0 Å². The van der Waals surface area contributed by atoms with Crippen LogP contribution in [-0.4, -0.2) is 21.5 Å². The molecule has 0 radical (unpaired) electrons. The lowest BCUT2D eigenvalue weighted by Crippen LogP contribution is -2.13. The molecule has 0 amide bonds. The number of carbonyl (C=O) groups is 1. The third kappa shape index (κ3) is 3.64. The monoisotopic (exact) mass is 265 g/mol. The molecular weight excluding hydrogens is 254 g/mol. The molecule has 0 unspecified atom stereocenters. The van der Waals surface area contributed by atoms with Crippen LogP contribution in [0.2, 0.25) is 0 Å². The van der Waals surface area contributed by atoms with Gasteiger partial charge in [-0.25, -0.2) is 4.98 Å². The molecule has 0 bridgehead atoms. The first kappa shape index (κ1) is 13.8. The molecule has 1 aromatic heterocycles. The van der Waals surface area contributed by atoms with E-state index >= 15 is 0 Å². The van der Waals surface area contributed by atoms with Crippen molar-refractivity contribution < 1.29 is 4.79 Å². The summed E-state index contributed by atoms with van der Waals surface area (Å²) in [5.41, 5.74) is 10.5. The van der Waals surface area contributed by atoms with E-state index in [1.807, 2.05) is 0 Å². The third-order valence-electron chi connectivity index (χ3n) is 1.86. The Kier molecular flexibility index (Phi) is 4.51. The Bertz CT molecular complexity index is 595. The molecule has 0 aliphatic heterocycles. The van der Waals surface area contributed by atoms with Crippen molar-refractivity contribution in [1.82, 2.24) is 9.97 Å². The first-order chi connectivity index (χ1) is 8.43. The summed E-state index contributed by atoms with van der Waals surface area (Å²) in [5, 5.41) is 8.96. The van der Waals surface area contributed by atoms with Crippen molar-refractivity contribution in [2.24, 2.45) is 5.73 Å². The summed E-state index contributed by atoms with van der Waals surface area (Å²) in [6.45, 7) is 1.47. The Morgan fingerprint density at radius 2 is 2.33 bits per heavy atom. The van der Waals surface area contributed by atoms with Crippen LogP contribution in [0.25, 0.3) is 0 Å². The number of nitrogens with one attached hydrogen (secondary N) is 1. The zero-order valence-corrected chi connectivity index (χ0v) is 10.4. The summed E-state index contributed by atoms with van der Waals surface area (Å²) in [6, 6.07) is 2.87. The molecule has 0 saturated heterocycles. The molecule has 0 saturated carbocycles. The van der Waals surface area contributed by atoms with Gasteiger partial charge in [0.2, 0.25) is 0 Å². The van der Waals surface area contributed by atoms with E-state index < -0.39 is 11.3 Å². The second-order valence-corrected chi connectivity index (χ2v) is 4.32. The quantitative estimate of drug-likeness (QED) is 0.296. The van der Waals surface area contributed by atoms with Gasteiger partial charge in [0.15, 0.2) is 10.9 Å². The number of anilines is 1. The number of ketones is 1. The fraction of sp³-hybridized carbons (Fsp3) is 0.200. The maximum atomic E-state index is 11.6. The lowest BCUT2D eigenvalue weighted by molar-refractivity contribution is -0.112. The fourth-order valence-electron chi connectivity index (χ4n) is 1.10. The molecule has 0 atom stereocenters. The molecule has 18 heavy (non-hydrogen) atoms. The summed E-state index contributed by atoms with van der Waals surface area (Å²) >= 11 is 0.981. The van der Waals surface area contributed by atoms with Crippen LogP contribution in [0.4, 0.5) is 5.82 Å². The summed E-state index contributed by atoms with van der Waals surface area (Å²) in [5.74, 6) is -0.406. The normalized spacial score (nSPS) is 11.6. The van der Waals surface area contributed by atoms with Gasteiger partial charge in [-0.2, -0.15) is 5.26 Å². The number of carbonyl (C=O) groups excluding carboxylic acids is 1. The number of Topliss-reactive ketones (excluding diaryl/α,β-unsaturated/α-hetero) is 1. The summed E-state index contributed by atoms with van der Waals surface area (Å²) in [7, 11) is 0. The lowest BCUT2D eigenvalue weighted by atomic mass is 10.2. The van der Waals surface area contributed by atoms with Gasteiger partial charge in [0.05, 0.1) is 5.75 Å². The van der Waals surface area contributed by atoms with Gasteiger partial charge in [-0.3, -0.25) is 9.59 Å². The summed E-state index contributed by atoms with van der Waals surface area (Å²) < 4.78 is 0. The molecule has 94 valence electrons. The lowest BCUT2D eigenvalue weighted by Gasteiger charge is -2.01. The number of aromatic amines is 1. The molecule has 7 nitrogen and oxygen atoms in total. The second-order valence-electron chi connectivity index (χ2n) is 3.36. The average Bonchev–Trinajstić information content (AvgIpc) is 2.25. The number of hydrogen-bond acceptors (Lipinski definition) is 7. The van der Waals surface area contributed by atoms with Crippen molar-refractivity contribution in [2.45, 2.75) is 12.1 Å². The minimum absolute atomic E-state index is 0.0518. The van der Waals surface area contributed by atoms with E-state index in [-0.39, 0.29) is 28.0 Å². The predicted octanol–water partition coefficient (Wildman–Crippen LogP) is -0.230. The number of nitrogens with zero attached hydrogens (tertiary/aromatic N) is 2. The summed E-state index contributed by atoms with van der Waals surface area (Å²) in [6.07, 6.45) is 0. The van der Waals surface area contributed by atoms with E-state index in [1.54, 1.807) is 6.07 Å². The minimum atomic E-state index is -0.424. The minimum Gasteiger partial charge on any atom is -0.401 e. The van der Waals surface area contributed by atoms with Crippen molar-refractivity contribution in [3.8, 4) is 6.07 Å². The number of aromatic nitrogens is 2. The first-order valence-corrected chi connectivity index (χ1v) is 5.82. The predicted molar refractivity (Wildman–Crippen MR) is 67.5 cm³/mol. The zero-order chi connectivity index (χ0) is 13.7. The van der Waals surface area contributed by atoms with E-state index in [0.29, 0.717) is 0 Å². The van der Waals surface area contributed by atoms with Gasteiger partial charge in [0.1, 0.15) is 17.5 Å². The number of rotatable bonds is 4. The van der Waals surface area contributed by atoms with E-state index in [9.17, 15) is 9.59 Å².